The molecule has 0 radical (unpaired) electrons. The van der Waals surface area contributed by atoms with Gasteiger partial charge in [-0.25, -0.2) is 0 Å². The monoisotopic (exact) mass is 283 g/mol. The summed E-state index contributed by atoms with van der Waals surface area (Å²) >= 11 is 5.86. The van der Waals surface area contributed by atoms with Crippen molar-refractivity contribution >= 4 is 11.6 Å². The summed E-state index contributed by atoms with van der Waals surface area (Å²) in [4.78, 5) is 0. The van der Waals surface area contributed by atoms with Crippen molar-refractivity contribution in [2.24, 2.45) is 5.92 Å². The fraction of sp³-hybridized carbons (Fsp3) is 0.600. The van der Waals surface area contributed by atoms with Crippen LogP contribution < -0.4 is 10.1 Å². The van der Waals surface area contributed by atoms with E-state index in [9.17, 15) is 0 Å². The number of ether oxygens (including phenoxy) is 2. The van der Waals surface area contributed by atoms with Crippen LogP contribution in [0.5, 0.6) is 5.75 Å². The van der Waals surface area contributed by atoms with Crippen LogP contribution in [0.3, 0.4) is 0 Å². The Labute approximate surface area is 120 Å². The van der Waals surface area contributed by atoms with E-state index in [0.29, 0.717) is 18.6 Å². The lowest BCUT2D eigenvalue weighted by molar-refractivity contribution is 0.160. The number of benzene rings is 1. The lowest BCUT2D eigenvalue weighted by Gasteiger charge is -2.24. The third-order valence-electron chi connectivity index (χ3n) is 3.43. The molecule has 2 unspecified atom stereocenters. The quantitative estimate of drug-likeness (QED) is 0.834. The van der Waals surface area contributed by atoms with Gasteiger partial charge in [0.1, 0.15) is 12.4 Å². The van der Waals surface area contributed by atoms with Crippen LogP contribution >= 0.6 is 11.6 Å². The van der Waals surface area contributed by atoms with Gasteiger partial charge in [-0.2, -0.15) is 0 Å². The molecule has 106 valence electrons. The highest BCUT2D eigenvalue weighted by Gasteiger charge is 2.25. The molecule has 1 saturated heterocycles. The van der Waals surface area contributed by atoms with Crippen LogP contribution in [-0.2, 0) is 4.74 Å². The van der Waals surface area contributed by atoms with Crippen LogP contribution in [0.1, 0.15) is 19.8 Å². The molecule has 0 spiro atoms. The lowest BCUT2D eigenvalue weighted by Crippen LogP contribution is -2.41. The highest BCUT2D eigenvalue weighted by atomic mass is 35.5. The standard InChI is InChI=1S/C15H22ClNO2/c1-2-8-17-15(12-7-9-18-10-12)11-19-14-5-3-13(16)4-6-14/h3-6,12,15,17H,2,7-11H2,1H3. The Morgan fingerprint density at radius 3 is 2.84 bits per heavy atom. The van der Waals surface area contributed by atoms with Crippen molar-refractivity contribution in [2.45, 2.75) is 25.8 Å². The molecule has 2 rings (SSSR count). The Morgan fingerprint density at radius 2 is 2.21 bits per heavy atom. The molecule has 1 N–H and O–H groups in total. The molecule has 1 aliphatic rings. The smallest absolute Gasteiger partial charge is 0.119 e. The Hall–Kier alpha value is -0.770. The Kier molecular flexibility index (Phi) is 5.95. The maximum absolute atomic E-state index is 5.86. The van der Waals surface area contributed by atoms with E-state index in [1.807, 2.05) is 24.3 Å². The van der Waals surface area contributed by atoms with Gasteiger partial charge < -0.3 is 14.8 Å². The molecule has 0 saturated carbocycles. The van der Waals surface area contributed by atoms with Gasteiger partial charge in [0, 0.05) is 23.6 Å². The van der Waals surface area contributed by atoms with Gasteiger partial charge in [0.05, 0.1) is 6.61 Å². The molecular weight excluding hydrogens is 262 g/mol. The average molecular weight is 284 g/mol. The Balaban J connectivity index is 1.86. The van der Waals surface area contributed by atoms with Crippen LogP contribution in [0.4, 0.5) is 0 Å². The molecule has 0 aliphatic carbocycles. The molecule has 0 bridgehead atoms. The molecule has 1 aliphatic heterocycles. The van der Waals surface area contributed by atoms with Gasteiger partial charge in [0.25, 0.3) is 0 Å². The van der Waals surface area contributed by atoms with Crippen molar-refractivity contribution in [1.82, 2.24) is 5.32 Å². The van der Waals surface area contributed by atoms with Crippen molar-refractivity contribution in [3.8, 4) is 5.75 Å². The third-order valence-corrected chi connectivity index (χ3v) is 3.69. The minimum atomic E-state index is 0.359. The van der Waals surface area contributed by atoms with Crippen molar-refractivity contribution < 1.29 is 9.47 Å². The molecule has 0 amide bonds. The number of hydrogen-bond acceptors (Lipinski definition) is 3. The predicted molar refractivity (Wildman–Crippen MR) is 78.0 cm³/mol. The van der Waals surface area contributed by atoms with E-state index >= 15 is 0 Å². The molecule has 1 heterocycles. The van der Waals surface area contributed by atoms with Gasteiger partial charge in [-0.15, -0.1) is 0 Å². The van der Waals surface area contributed by atoms with Crippen LogP contribution in [0.15, 0.2) is 24.3 Å². The second kappa shape index (κ2) is 7.73. The SMILES string of the molecule is CCCNC(COc1ccc(Cl)cc1)C1CCOC1. The van der Waals surface area contributed by atoms with Crippen molar-refractivity contribution in [1.29, 1.82) is 0 Å². The van der Waals surface area contributed by atoms with E-state index in [-0.39, 0.29) is 0 Å². The molecule has 1 aromatic carbocycles. The van der Waals surface area contributed by atoms with Crippen molar-refractivity contribution in [3.63, 3.8) is 0 Å². The topological polar surface area (TPSA) is 30.5 Å². The van der Waals surface area contributed by atoms with E-state index in [1.165, 1.54) is 0 Å². The number of hydrogen-bond donors (Lipinski definition) is 1. The number of nitrogens with one attached hydrogen (secondary N) is 1. The van der Waals surface area contributed by atoms with E-state index < -0.39 is 0 Å². The minimum absolute atomic E-state index is 0.359. The zero-order valence-corrected chi connectivity index (χ0v) is 12.2. The summed E-state index contributed by atoms with van der Waals surface area (Å²) < 4.78 is 11.3. The Morgan fingerprint density at radius 1 is 1.42 bits per heavy atom. The van der Waals surface area contributed by atoms with Gasteiger partial charge in [0.2, 0.25) is 0 Å². The first-order valence-corrected chi connectivity index (χ1v) is 7.37. The highest BCUT2D eigenvalue weighted by molar-refractivity contribution is 6.30. The van der Waals surface area contributed by atoms with Crippen molar-refractivity contribution in [2.75, 3.05) is 26.4 Å². The fourth-order valence-electron chi connectivity index (χ4n) is 2.28. The van der Waals surface area contributed by atoms with Gasteiger partial charge in [-0.3, -0.25) is 0 Å². The second-order valence-electron chi connectivity index (χ2n) is 4.95. The van der Waals surface area contributed by atoms with Gasteiger partial charge in [-0.1, -0.05) is 18.5 Å². The van der Waals surface area contributed by atoms with E-state index in [1.54, 1.807) is 0 Å². The molecule has 1 fully saturated rings. The van der Waals surface area contributed by atoms with Crippen LogP contribution in [0, 0.1) is 5.92 Å². The zero-order valence-electron chi connectivity index (χ0n) is 11.4. The van der Waals surface area contributed by atoms with E-state index in [4.69, 9.17) is 21.1 Å². The van der Waals surface area contributed by atoms with Gasteiger partial charge in [-0.05, 0) is 43.7 Å². The molecule has 4 heteroatoms. The summed E-state index contributed by atoms with van der Waals surface area (Å²) in [5.74, 6) is 1.42. The van der Waals surface area contributed by atoms with Crippen LogP contribution in [-0.4, -0.2) is 32.4 Å². The molecular formula is C15H22ClNO2. The molecule has 3 nitrogen and oxygen atoms in total. The van der Waals surface area contributed by atoms with Crippen molar-refractivity contribution in [3.05, 3.63) is 29.3 Å². The summed E-state index contributed by atoms with van der Waals surface area (Å²) in [6.45, 7) is 5.58. The highest BCUT2D eigenvalue weighted by Crippen LogP contribution is 2.20. The number of rotatable bonds is 7. The van der Waals surface area contributed by atoms with E-state index in [0.717, 1.165) is 43.4 Å². The van der Waals surface area contributed by atoms with Gasteiger partial charge in [0.15, 0.2) is 0 Å². The summed E-state index contributed by atoms with van der Waals surface area (Å²) in [5, 5.41) is 4.30. The summed E-state index contributed by atoms with van der Waals surface area (Å²) in [6.07, 6.45) is 2.25. The van der Waals surface area contributed by atoms with Crippen LogP contribution in [0.2, 0.25) is 5.02 Å². The molecule has 19 heavy (non-hydrogen) atoms. The second-order valence-corrected chi connectivity index (χ2v) is 5.39. The van der Waals surface area contributed by atoms with Crippen LogP contribution in [0.25, 0.3) is 0 Å². The summed E-state index contributed by atoms with van der Waals surface area (Å²) in [5.41, 5.74) is 0. The molecule has 1 aromatic rings. The first kappa shape index (κ1) is 14.6. The lowest BCUT2D eigenvalue weighted by atomic mass is 9.99. The maximum atomic E-state index is 5.86. The zero-order chi connectivity index (χ0) is 13.5. The third kappa shape index (κ3) is 4.68. The fourth-order valence-corrected chi connectivity index (χ4v) is 2.40. The van der Waals surface area contributed by atoms with E-state index in [2.05, 4.69) is 12.2 Å². The largest absolute Gasteiger partial charge is 0.492 e. The maximum Gasteiger partial charge on any atom is 0.119 e. The summed E-state index contributed by atoms with van der Waals surface area (Å²) in [6, 6.07) is 7.88. The first-order chi connectivity index (χ1) is 9.29. The van der Waals surface area contributed by atoms with Gasteiger partial charge >= 0.3 is 0 Å². The number of halogens is 1. The predicted octanol–water partition coefficient (Wildman–Crippen LogP) is 3.12. The average Bonchev–Trinajstić information content (AvgIpc) is 2.95. The summed E-state index contributed by atoms with van der Waals surface area (Å²) in [7, 11) is 0. The normalized spacial score (nSPS) is 20.4. The molecule has 2 atom stereocenters. The Bertz CT molecular complexity index is 363. The minimum Gasteiger partial charge on any atom is -0.492 e. The molecule has 0 aromatic heterocycles. The first-order valence-electron chi connectivity index (χ1n) is 6.99.